The summed E-state index contributed by atoms with van der Waals surface area (Å²) in [5.74, 6) is -1.06. The van der Waals surface area contributed by atoms with E-state index in [4.69, 9.17) is 0 Å². The molecule has 1 N–H and O–H groups in total. The lowest BCUT2D eigenvalue weighted by Gasteiger charge is -2.17. The lowest BCUT2D eigenvalue weighted by molar-refractivity contribution is 0.0941. The zero-order chi connectivity index (χ0) is 19.0. The maximum absolute atomic E-state index is 13.6. The average Bonchev–Trinajstić information content (AvgIpc) is 3.30. The minimum atomic E-state index is -0.451. The molecule has 0 atom stereocenters. The molecule has 0 spiro atoms. The van der Waals surface area contributed by atoms with Gasteiger partial charge in [0.1, 0.15) is 5.82 Å². The van der Waals surface area contributed by atoms with Crippen molar-refractivity contribution in [2.45, 2.75) is 19.8 Å². The lowest BCUT2D eigenvalue weighted by Crippen LogP contribution is -2.17. The quantitative estimate of drug-likeness (QED) is 0.753. The summed E-state index contributed by atoms with van der Waals surface area (Å²) in [5.41, 5.74) is 2.55. The van der Waals surface area contributed by atoms with E-state index in [2.05, 4.69) is 10.2 Å². The monoisotopic (exact) mass is 365 g/mol. The highest BCUT2D eigenvalue weighted by Gasteiger charge is 2.18. The van der Waals surface area contributed by atoms with E-state index in [1.165, 1.54) is 48.7 Å². The Balaban J connectivity index is 1.60. The van der Waals surface area contributed by atoms with Gasteiger partial charge in [0.25, 0.3) is 5.91 Å². The molecular formula is C21H20FN3O2. The molecule has 1 aromatic heterocycles. The fraction of sp³-hybridized carbons (Fsp3) is 0.238. The van der Waals surface area contributed by atoms with Crippen LogP contribution >= 0.6 is 0 Å². The molecule has 0 unspecified atom stereocenters. The zero-order valence-corrected chi connectivity index (χ0v) is 15.0. The number of amides is 1. The molecule has 0 bridgehead atoms. The summed E-state index contributed by atoms with van der Waals surface area (Å²) in [6.45, 7) is 3.50. The summed E-state index contributed by atoms with van der Waals surface area (Å²) < 4.78 is 14.9. The number of halogens is 1. The first-order chi connectivity index (χ1) is 13.0. The van der Waals surface area contributed by atoms with Crippen LogP contribution in [0.1, 0.15) is 34.9 Å². The van der Waals surface area contributed by atoms with Gasteiger partial charge in [0.05, 0.1) is 11.1 Å². The SMILES string of the molecule is CC(=O)n1cc(C(=O)Nc2ccc(N3CCCC3)cc2)c2ccc(F)cc21. The fourth-order valence-corrected chi connectivity index (χ4v) is 3.57. The molecule has 1 aliphatic heterocycles. The van der Waals surface area contributed by atoms with E-state index >= 15 is 0 Å². The van der Waals surface area contributed by atoms with Gasteiger partial charge in [0, 0.05) is 43.0 Å². The van der Waals surface area contributed by atoms with Gasteiger partial charge in [0.2, 0.25) is 5.91 Å². The maximum Gasteiger partial charge on any atom is 0.257 e. The predicted octanol–water partition coefficient (Wildman–Crippen LogP) is 4.29. The molecule has 6 heteroatoms. The molecule has 138 valence electrons. The highest BCUT2D eigenvalue weighted by atomic mass is 19.1. The molecule has 1 amide bonds. The highest BCUT2D eigenvalue weighted by molar-refractivity contribution is 6.14. The number of hydrogen-bond acceptors (Lipinski definition) is 3. The molecule has 1 fully saturated rings. The van der Waals surface area contributed by atoms with Gasteiger partial charge in [-0.2, -0.15) is 0 Å². The number of benzene rings is 2. The highest BCUT2D eigenvalue weighted by Crippen LogP contribution is 2.25. The van der Waals surface area contributed by atoms with Crippen LogP contribution in [0.5, 0.6) is 0 Å². The average molecular weight is 365 g/mol. The third-order valence-corrected chi connectivity index (χ3v) is 4.95. The number of carbonyl (C=O) groups excluding carboxylic acids is 2. The molecule has 27 heavy (non-hydrogen) atoms. The first kappa shape index (κ1) is 17.3. The van der Waals surface area contributed by atoms with E-state index in [9.17, 15) is 14.0 Å². The number of rotatable bonds is 3. The first-order valence-electron chi connectivity index (χ1n) is 9.01. The Morgan fingerprint density at radius 3 is 2.41 bits per heavy atom. The van der Waals surface area contributed by atoms with Gasteiger partial charge in [-0.15, -0.1) is 0 Å². The summed E-state index contributed by atoms with van der Waals surface area (Å²) in [6.07, 6.45) is 3.87. The normalized spacial score (nSPS) is 13.9. The summed E-state index contributed by atoms with van der Waals surface area (Å²) in [7, 11) is 0. The van der Waals surface area contributed by atoms with Crippen molar-refractivity contribution in [2.75, 3.05) is 23.3 Å². The minimum Gasteiger partial charge on any atom is -0.372 e. The van der Waals surface area contributed by atoms with Crippen molar-refractivity contribution < 1.29 is 14.0 Å². The molecule has 1 saturated heterocycles. The van der Waals surface area contributed by atoms with Crippen molar-refractivity contribution in [1.29, 1.82) is 0 Å². The number of fused-ring (bicyclic) bond motifs is 1. The molecular weight excluding hydrogens is 345 g/mol. The zero-order valence-electron chi connectivity index (χ0n) is 15.0. The largest absolute Gasteiger partial charge is 0.372 e. The van der Waals surface area contributed by atoms with Gasteiger partial charge in [-0.25, -0.2) is 4.39 Å². The summed E-state index contributed by atoms with van der Waals surface area (Å²) in [5, 5.41) is 3.40. The Kier molecular flexibility index (Phi) is 4.39. The number of anilines is 2. The molecule has 3 aromatic rings. The van der Waals surface area contributed by atoms with Crippen molar-refractivity contribution in [1.82, 2.24) is 4.57 Å². The molecule has 5 nitrogen and oxygen atoms in total. The second-order valence-corrected chi connectivity index (χ2v) is 6.79. The minimum absolute atomic E-state index is 0.278. The van der Waals surface area contributed by atoms with Crippen LogP contribution in [0.15, 0.2) is 48.7 Å². The van der Waals surface area contributed by atoms with Gasteiger partial charge in [-0.3, -0.25) is 14.2 Å². The third kappa shape index (κ3) is 3.30. The second kappa shape index (κ2) is 6.87. The van der Waals surface area contributed by atoms with Gasteiger partial charge >= 0.3 is 0 Å². The van der Waals surface area contributed by atoms with Gasteiger partial charge < -0.3 is 10.2 Å². The van der Waals surface area contributed by atoms with Gasteiger partial charge in [-0.1, -0.05) is 0 Å². The summed E-state index contributed by atoms with van der Waals surface area (Å²) >= 11 is 0. The van der Waals surface area contributed by atoms with Crippen molar-refractivity contribution in [3.63, 3.8) is 0 Å². The smallest absolute Gasteiger partial charge is 0.257 e. The van der Waals surface area contributed by atoms with Gasteiger partial charge in [-0.05, 0) is 55.3 Å². The molecule has 0 radical (unpaired) electrons. The third-order valence-electron chi connectivity index (χ3n) is 4.95. The van der Waals surface area contributed by atoms with Crippen LogP contribution in [0.4, 0.5) is 15.8 Å². The number of aromatic nitrogens is 1. The molecule has 2 heterocycles. The number of nitrogens with one attached hydrogen (secondary N) is 1. The van der Waals surface area contributed by atoms with E-state index in [1.54, 1.807) is 0 Å². The van der Waals surface area contributed by atoms with E-state index < -0.39 is 5.82 Å². The maximum atomic E-state index is 13.6. The lowest BCUT2D eigenvalue weighted by atomic mass is 10.1. The van der Waals surface area contributed by atoms with E-state index in [-0.39, 0.29) is 11.8 Å². The van der Waals surface area contributed by atoms with Crippen LogP contribution in [0.25, 0.3) is 10.9 Å². The van der Waals surface area contributed by atoms with Crippen LogP contribution in [0, 0.1) is 5.82 Å². The Morgan fingerprint density at radius 2 is 1.74 bits per heavy atom. The number of carbonyl (C=O) groups is 2. The van der Waals surface area contributed by atoms with E-state index in [0.29, 0.717) is 22.2 Å². The molecule has 0 aliphatic carbocycles. The van der Waals surface area contributed by atoms with Crippen LogP contribution in [0.2, 0.25) is 0 Å². The summed E-state index contributed by atoms with van der Waals surface area (Å²) in [4.78, 5) is 26.9. The number of hydrogen-bond donors (Lipinski definition) is 1. The predicted molar refractivity (Wildman–Crippen MR) is 104 cm³/mol. The van der Waals surface area contributed by atoms with Gasteiger partial charge in [0.15, 0.2) is 0 Å². The van der Waals surface area contributed by atoms with Crippen molar-refractivity contribution in [2.24, 2.45) is 0 Å². The molecule has 2 aromatic carbocycles. The Labute approximate surface area is 156 Å². The standard InChI is InChI=1S/C21H20FN3O2/c1-14(26)25-13-19(18-9-4-15(22)12-20(18)25)21(27)23-16-5-7-17(8-6-16)24-10-2-3-11-24/h4-9,12-13H,2-3,10-11H2,1H3,(H,23,27). The van der Waals surface area contributed by atoms with Crippen LogP contribution in [0.3, 0.4) is 0 Å². The molecule has 1 aliphatic rings. The van der Waals surface area contributed by atoms with E-state index in [0.717, 1.165) is 18.8 Å². The van der Waals surface area contributed by atoms with Crippen molar-refractivity contribution >= 4 is 34.1 Å². The Hall–Kier alpha value is -3.15. The van der Waals surface area contributed by atoms with Crippen molar-refractivity contribution in [3.8, 4) is 0 Å². The van der Waals surface area contributed by atoms with E-state index in [1.807, 2.05) is 24.3 Å². The topological polar surface area (TPSA) is 54.3 Å². The van der Waals surface area contributed by atoms with Crippen LogP contribution in [-0.2, 0) is 0 Å². The van der Waals surface area contributed by atoms with Crippen LogP contribution in [-0.4, -0.2) is 29.5 Å². The fourth-order valence-electron chi connectivity index (χ4n) is 3.57. The molecule has 0 saturated carbocycles. The Morgan fingerprint density at radius 1 is 1.04 bits per heavy atom. The van der Waals surface area contributed by atoms with Crippen molar-refractivity contribution in [3.05, 3.63) is 60.0 Å². The van der Waals surface area contributed by atoms with Crippen LogP contribution < -0.4 is 10.2 Å². The Bertz CT molecular complexity index is 1020. The first-order valence-corrected chi connectivity index (χ1v) is 9.01. The number of nitrogens with zero attached hydrogens (tertiary/aromatic N) is 2. The second-order valence-electron chi connectivity index (χ2n) is 6.79. The summed E-state index contributed by atoms with van der Waals surface area (Å²) in [6, 6.07) is 11.8. The molecule has 4 rings (SSSR count).